The van der Waals surface area contributed by atoms with Gasteiger partial charge in [0, 0.05) is 5.54 Å². The van der Waals surface area contributed by atoms with Gasteiger partial charge in [0.2, 0.25) is 0 Å². The van der Waals surface area contributed by atoms with Gasteiger partial charge in [-0.1, -0.05) is 27.2 Å². The van der Waals surface area contributed by atoms with Gasteiger partial charge in [-0.2, -0.15) is 0 Å². The van der Waals surface area contributed by atoms with Crippen molar-refractivity contribution in [2.24, 2.45) is 17.6 Å². The van der Waals surface area contributed by atoms with Gasteiger partial charge < -0.3 is 5.73 Å². The van der Waals surface area contributed by atoms with Crippen molar-refractivity contribution in [2.45, 2.75) is 64.8 Å². The first-order valence-electron chi connectivity index (χ1n) is 5.87. The summed E-state index contributed by atoms with van der Waals surface area (Å²) in [4.78, 5) is 0. The van der Waals surface area contributed by atoms with Gasteiger partial charge in [0.05, 0.1) is 0 Å². The molecule has 1 unspecified atom stereocenters. The van der Waals surface area contributed by atoms with Gasteiger partial charge in [-0.15, -0.1) is 0 Å². The maximum atomic E-state index is 6.45. The smallest absolute Gasteiger partial charge is 0.0180 e. The van der Waals surface area contributed by atoms with E-state index in [2.05, 4.69) is 20.8 Å². The zero-order valence-electron chi connectivity index (χ0n) is 9.47. The van der Waals surface area contributed by atoms with E-state index >= 15 is 0 Å². The van der Waals surface area contributed by atoms with Gasteiger partial charge in [-0.25, -0.2) is 0 Å². The average molecular weight is 183 g/mol. The van der Waals surface area contributed by atoms with Crippen molar-refractivity contribution in [3.63, 3.8) is 0 Å². The standard InChI is InChI=1S/C12H25N/c1-4-5-11(3)12(13)8-6-10(2)7-9-12/h10-11H,4-9,13H2,1-3H3. The van der Waals surface area contributed by atoms with Gasteiger partial charge in [0.1, 0.15) is 0 Å². The predicted molar refractivity (Wildman–Crippen MR) is 58.6 cm³/mol. The molecular formula is C12H25N. The minimum Gasteiger partial charge on any atom is -0.325 e. The lowest BCUT2D eigenvalue weighted by molar-refractivity contribution is 0.170. The van der Waals surface area contributed by atoms with Crippen LogP contribution < -0.4 is 5.73 Å². The Labute approximate surface area is 83.1 Å². The van der Waals surface area contributed by atoms with E-state index in [9.17, 15) is 0 Å². The summed E-state index contributed by atoms with van der Waals surface area (Å²) in [5.74, 6) is 1.62. The number of hydrogen-bond donors (Lipinski definition) is 1. The topological polar surface area (TPSA) is 26.0 Å². The van der Waals surface area contributed by atoms with Crippen molar-refractivity contribution in [2.75, 3.05) is 0 Å². The van der Waals surface area contributed by atoms with Crippen LogP contribution in [0.2, 0.25) is 0 Å². The van der Waals surface area contributed by atoms with E-state index in [0.29, 0.717) is 5.92 Å². The van der Waals surface area contributed by atoms with Crippen molar-refractivity contribution in [1.29, 1.82) is 0 Å². The van der Waals surface area contributed by atoms with Gasteiger partial charge in [-0.05, 0) is 43.9 Å². The molecule has 1 atom stereocenters. The van der Waals surface area contributed by atoms with Crippen LogP contribution in [0.15, 0.2) is 0 Å². The molecule has 1 aliphatic carbocycles. The Balaban J connectivity index is 2.46. The zero-order valence-corrected chi connectivity index (χ0v) is 9.47. The molecule has 13 heavy (non-hydrogen) atoms. The van der Waals surface area contributed by atoms with E-state index in [4.69, 9.17) is 5.73 Å². The second-order valence-corrected chi connectivity index (χ2v) is 5.11. The summed E-state index contributed by atoms with van der Waals surface area (Å²) in [5, 5.41) is 0. The van der Waals surface area contributed by atoms with Gasteiger partial charge in [-0.3, -0.25) is 0 Å². The maximum Gasteiger partial charge on any atom is 0.0180 e. The highest BCUT2D eigenvalue weighted by Gasteiger charge is 2.34. The van der Waals surface area contributed by atoms with Crippen LogP contribution in [0.5, 0.6) is 0 Å². The van der Waals surface area contributed by atoms with Crippen LogP contribution in [0.1, 0.15) is 59.3 Å². The van der Waals surface area contributed by atoms with E-state index in [1.807, 2.05) is 0 Å². The van der Waals surface area contributed by atoms with E-state index in [0.717, 1.165) is 5.92 Å². The summed E-state index contributed by atoms with van der Waals surface area (Å²) in [6, 6.07) is 0. The molecule has 1 heteroatoms. The van der Waals surface area contributed by atoms with E-state index in [1.54, 1.807) is 0 Å². The summed E-state index contributed by atoms with van der Waals surface area (Å²) in [6.07, 6.45) is 7.74. The molecule has 0 spiro atoms. The molecule has 1 nitrogen and oxygen atoms in total. The molecule has 1 saturated carbocycles. The van der Waals surface area contributed by atoms with E-state index in [1.165, 1.54) is 38.5 Å². The Kier molecular flexibility index (Phi) is 3.78. The molecule has 0 aromatic carbocycles. The summed E-state index contributed by atoms with van der Waals surface area (Å²) < 4.78 is 0. The van der Waals surface area contributed by atoms with E-state index < -0.39 is 0 Å². The Morgan fingerprint density at radius 3 is 2.38 bits per heavy atom. The highest BCUT2D eigenvalue weighted by molar-refractivity contribution is 4.92. The Morgan fingerprint density at radius 2 is 1.92 bits per heavy atom. The molecular weight excluding hydrogens is 158 g/mol. The minimum absolute atomic E-state index is 0.169. The van der Waals surface area contributed by atoms with E-state index in [-0.39, 0.29) is 5.54 Å². The fraction of sp³-hybridized carbons (Fsp3) is 1.00. The van der Waals surface area contributed by atoms with Crippen molar-refractivity contribution < 1.29 is 0 Å². The third-order valence-electron chi connectivity index (χ3n) is 3.91. The first-order valence-corrected chi connectivity index (χ1v) is 5.87. The summed E-state index contributed by atoms with van der Waals surface area (Å²) in [5.41, 5.74) is 6.62. The minimum atomic E-state index is 0.169. The molecule has 0 aromatic heterocycles. The van der Waals surface area contributed by atoms with Crippen LogP contribution in [0.4, 0.5) is 0 Å². The van der Waals surface area contributed by atoms with Gasteiger partial charge in [0.15, 0.2) is 0 Å². The fourth-order valence-electron chi connectivity index (χ4n) is 2.51. The lowest BCUT2D eigenvalue weighted by Crippen LogP contribution is -2.48. The summed E-state index contributed by atoms with van der Waals surface area (Å²) in [7, 11) is 0. The molecule has 0 heterocycles. The molecule has 0 bridgehead atoms. The lowest BCUT2D eigenvalue weighted by atomic mass is 9.70. The molecule has 0 amide bonds. The van der Waals surface area contributed by atoms with Crippen LogP contribution in [0.25, 0.3) is 0 Å². The SMILES string of the molecule is CCCC(C)C1(N)CCC(C)CC1. The van der Waals surface area contributed by atoms with Gasteiger partial charge in [0.25, 0.3) is 0 Å². The molecule has 1 fully saturated rings. The fourth-order valence-corrected chi connectivity index (χ4v) is 2.51. The molecule has 78 valence electrons. The second kappa shape index (κ2) is 4.45. The lowest BCUT2D eigenvalue weighted by Gasteiger charge is -2.41. The number of nitrogens with two attached hydrogens (primary N) is 1. The van der Waals surface area contributed by atoms with Crippen LogP contribution in [-0.2, 0) is 0 Å². The second-order valence-electron chi connectivity index (χ2n) is 5.11. The van der Waals surface area contributed by atoms with Crippen molar-refractivity contribution in [1.82, 2.24) is 0 Å². The van der Waals surface area contributed by atoms with Crippen LogP contribution in [-0.4, -0.2) is 5.54 Å². The van der Waals surface area contributed by atoms with Crippen molar-refractivity contribution >= 4 is 0 Å². The molecule has 1 rings (SSSR count). The van der Waals surface area contributed by atoms with Crippen LogP contribution >= 0.6 is 0 Å². The number of rotatable bonds is 3. The first-order chi connectivity index (χ1) is 6.08. The molecule has 2 N–H and O–H groups in total. The Morgan fingerprint density at radius 1 is 1.38 bits per heavy atom. The predicted octanol–water partition coefficient (Wildman–Crippen LogP) is 3.33. The third-order valence-corrected chi connectivity index (χ3v) is 3.91. The highest BCUT2D eigenvalue weighted by atomic mass is 14.8. The zero-order chi connectivity index (χ0) is 9.90. The highest BCUT2D eigenvalue weighted by Crippen LogP contribution is 2.36. The largest absolute Gasteiger partial charge is 0.325 e. The van der Waals surface area contributed by atoms with Crippen molar-refractivity contribution in [3.8, 4) is 0 Å². The molecule has 0 aromatic rings. The molecule has 0 saturated heterocycles. The van der Waals surface area contributed by atoms with Gasteiger partial charge >= 0.3 is 0 Å². The normalized spacial score (nSPS) is 37.4. The maximum absolute atomic E-state index is 6.45. The quantitative estimate of drug-likeness (QED) is 0.713. The number of hydrogen-bond acceptors (Lipinski definition) is 1. The van der Waals surface area contributed by atoms with Crippen LogP contribution in [0, 0.1) is 11.8 Å². The monoisotopic (exact) mass is 183 g/mol. The average Bonchev–Trinajstić information content (AvgIpc) is 2.11. The Bertz CT molecular complexity index is 145. The molecule has 0 radical (unpaired) electrons. The summed E-state index contributed by atoms with van der Waals surface area (Å²) >= 11 is 0. The first kappa shape index (κ1) is 11.0. The van der Waals surface area contributed by atoms with Crippen molar-refractivity contribution in [3.05, 3.63) is 0 Å². The Hall–Kier alpha value is -0.0400. The summed E-state index contributed by atoms with van der Waals surface area (Å²) in [6.45, 7) is 6.94. The third kappa shape index (κ3) is 2.70. The van der Waals surface area contributed by atoms with Crippen LogP contribution in [0.3, 0.4) is 0 Å². The molecule has 0 aliphatic heterocycles. The molecule has 1 aliphatic rings.